The fourth-order valence-electron chi connectivity index (χ4n) is 3.15. The minimum atomic E-state index is -0.170. The van der Waals surface area contributed by atoms with Crippen molar-refractivity contribution in [3.63, 3.8) is 0 Å². The Morgan fingerprint density at radius 2 is 1.55 bits per heavy atom. The van der Waals surface area contributed by atoms with Crippen molar-refractivity contribution < 1.29 is 18.8 Å². The number of nitrogens with one attached hydrogen (secondary N) is 1. The first kappa shape index (κ1) is 18.9. The summed E-state index contributed by atoms with van der Waals surface area (Å²) in [6, 6.07) is 13.7. The molecule has 0 atom stereocenters. The molecule has 0 spiro atoms. The number of amides is 3. The zero-order valence-corrected chi connectivity index (χ0v) is 16.4. The van der Waals surface area contributed by atoms with Gasteiger partial charge in [0.05, 0.1) is 11.1 Å². The van der Waals surface area contributed by atoms with E-state index < -0.39 is 0 Å². The van der Waals surface area contributed by atoms with E-state index in [0.29, 0.717) is 48.1 Å². The van der Waals surface area contributed by atoms with Crippen LogP contribution in [0.3, 0.4) is 0 Å². The van der Waals surface area contributed by atoms with E-state index >= 15 is 0 Å². The summed E-state index contributed by atoms with van der Waals surface area (Å²) in [5.74, 6) is -0.111. The number of benzene rings is 1. The highest BCUT2D eigenvalue weighted by Gasteiger charge is 2.26. The molecule has 4 rings (SSSR count). The zero-order chi connectivity index (χ0) is 20.2. The number of carbonyl (C=O) groups excluding carboxylic acids is 3. The van der Waals surface area contributed by atoms with Crippen LogP contribution in [-0.2, 0) is 0 Å². The lowest BCUT2D eigenvalue weighted by molar-refractivity contribution is 0.0518. The van der Waals surface area contributed by atoms with Crippen molar-refractivity contribution in [2.45, 2.75) is 0 Å². The summed E-state index contributed by atoms with van der Waals surface area (Å²) >= 11 is 1.37. The Morgan fingerprint density at radius 3 is 2.14 bits per heavy atom. The highest BCUT2D eigenvalue weighted by molar-refractivity contribution is 7.12. The molecule has 29 heavy (non-hydrogen) atoms. The molecule has 3 aromatic rings. The fourth-order valence-corrected chi connectivity index (χ4v) is 3.77. The third-order valence-electron chi connectivity index (χ3n) is 4.72. The van der Waals surface area contributed by atoms with Gasteiger partial charge in [0.15, 0.2) is 5.76 Å². The van der Waals surface area contributed by atoms with Crippen LogP contribution >= 0.6 is 11.3 Å². The molecule has 0 bridgehead atoms. The van der Waals surface area contributed by atoms with Gasteiger partial charge in [0.2, 0.25) is 0 Å². The third kappa shape index (κ3) is 4.22. The molecule has 3 amide bonds. The number of hydrogen-bond donors (Lipinski definition) is 1. The van der Waals surface area contributed by atoms with Crippen molar-refractivity contribution in [2.75, 3.05) is 31.5 Å². The van der Waals surface area contributed by atoms with E-state index in [1.54, 1.807) is 52.3 Å². The van der Waals surface area contributed by atoms with Crippen LogP contribution in [0.1, 0.15) is 30.6 Å². The molecule has 1 aromatic carbocycles. The normalized spacial score (nSPS) is 13.9. The van der Waals surface area contributed by atoms with Gasteiger partial charge < -0.3 is 19.5 Å². The van der Waals surface area contributed by atoms with Crippen molar-refractivity contribution >= 4 is 34.7 Å². The second kappa shape index (κ2) is 8.32. The summed E-state index contributed by atoms with van der Waals surface area (Å²) in [5, 5.41) is 4.66. The van der Waals surface area contributed by atoms with Crippen LogP contribution in [0.2, 0.25) is 0 Å². The van der Waals surface area contributed by atoms with E-state index in [1.165, 1.54) is 17.6 Å². The maximum atomic E-state index is 12.7. The van der Waals surface area contributed by atoms with Crippen molar-refractivity contribution in [3.8, 4) is 0 Å². The number of hydrogen-bond acceptors (Lipinski definition) is 5. The van der Waals surface area contributed by atoms with Crippen LogP contribution in [0.15, 0.2) is 64.6 Å². The smallest absolute Gasteiger partial charge is 0.289 e. The first-order valence-electron chi connectivity index (χ1n) is 9.19. The number of carbonyl (C=O) groups is 3. The average Bonchev–Trinajstić information content (AvgIpc) is 3.48. The SMILES string of the molecule is O=C(Nc1ccc(C(=O)N2CCN(C(=O)c3ccco3)CC2)cc1)c1cccs1. The topological polar surface area (TPSA) is 82.9 Å². The highest BCUT2D eigenvalue weighted by atomic mass is 32.1. The van der Waals surface area contributed by atoms with Gasteiger partial charge in [0, 0.05) is 37.4 Å². The summed E-state index contributed by atoms with van der Waals surface area (Å²) in [7, 11) is 0. The van der Waals surface area contributed by atoms with E-state index in [1.807, 2.05) is 11.4 Å². The molecule has 7 nitrogen and oxygen atoms in total. The molecule has 148 valence electrons. The first-order valence-corrected chi connectivity index (χ1v) is 10.1. The second-order valence-corrected chi connectivity index (χ2v) is 7.52. The molecule has 1 fully saturated rings. The lowest BCUT2D eigenvalue weighted by atomic mass is 10.1. The molecular weight excluding hydrogens is 390 g/mol. The maximum Gasteiger partial charge on any atom is 0.289 e. The monoisotopic (exact) mass is 409 g/mol. The maximum absolute atomic E-state index is 12.7. The minimum absolute atomic E-state index is 0.0915. The van der Waals surface area contributed by atoms with Crippen LogP contribution in [0, 0.1) is 0 Å². The van der Waals surface area contributed by atoms with E-state index in [-0.39, 0.29) is 17.7 Å². The van der Waals surface area contributed by atoms with Crippen LogP contribution < -0.4 is 5.32 Å². The predicted octanol–water partition coefficient (Wildman–Crippen LogP) is 3.19. The van der Waals surface area contributed by atoms with Crippen molar-refractivity contribution in [1.29, 1.82) is 0 Å². The lowest BCUT2D eigenvalue weighted by Crippen LogP contribution is -2.50. The minimum Gasteiger partial charge on any atom is -0.459 e. The summed E-state index contributed by atoms with van der Waals surface area (Å²) in [6.07, 6.45) is 1.47. The fraction of sp³-hybridized carbons (Fsp3) is 0.190. The number of rotatable bonds is 4. The molecular formula is C21H19N3O4S. The third-order valence-corrected chi connectivity index (χ3v) is 5.59. The number of thiophene rings is 1. The average molecular weight is 409 g/mol. The number of anilines is 1. The van der Waals surface area contributed by atoms with E-state index in [9.17, 15) is 14.4 Å². The van der Waals surface area contributed by atoms with Gasteiger partial charge >= 0.3 is 0 Å². The Morgan fingerprint density at radius 1 is 0.862 bits per heavy atom. The molecule has 0 radical (unpaired) electrons. The molecule has 2 aromatic heterocycles. The van der Waals surface area contributed by atoms with Gasteiger partial charge in [-0.15, -0.1) is 11.3 Å². The van der Waals surface area contributed by atoms with Crippen LogP contribution in [-0.4, -0.2) is 53.7 Å². The molecule has 1 N–H and O–H groups in total. The Balaban J connectivity index is 1.33. The Hall–Kier alpha value is -3.39. The number of nitrogens with zero attached hydrogens (tertiary/aromatic N) is 2. The standard InChI is InChI=1S/C21H19N3O4S/c25-19(18-4-2-14-29-18)22-16-7-5-15(6-8-16)20(26)23-9-11-24(12-10-23)21(27)17-3-1-13-28-17/h1-8,13-14H,9-12H2,(H,22,25). The van der Waals surface area contributed by atoms with Crippen LogP contribution in [0.4, 0.5) is 5.69 Å². The molecule has 1 aliphatic heterocycles. The lowest BCUT2D eigenvalue weighted by Gasteiger charge is -2.34. The largest absolute Gasteiger partial charge is 0.459 e. The number of furan rings is 1. The molecule has 1 saturated heterocycles. The van der Waals surface area contributed by atoms with E-state index in [4.69, 9.17) is 4.42 Å². The summed E-state index contributed by atoms with van der Waals surface area (Å²) in [6.45, 7) is 1.84. The van der Waals surface area contributed by atoms with Crippen LogP contribution in [0.25, 0.3) is 0 Å². The van der Waals surface area contributed by atoms with E-state index in [2.05, 4.69) is 5.32 Å². The highest BCUT2D eigenvalue weighted by Crippen LogP contribution is 2.16. The summed E-state index contributed by atoms with van der Waals surface area (Å²) in [4.78, 5) is 41.2. The molecule has 0 aliphatic carbocycles. The Labute approximate surface area is 171 Å². The van der Waals surface area contributed by atoms with Gasteiger partial charge in [-0.25, -0.2) is 0 Å². The van der Waals surface area contributed by atoms with Gasteiger partial charge in [-0.1, -0.05) is 6.07 Å². The second-order valence-electron chi connectivity index (χ2n) is 6.57. The van der Waals surface area contributed by atoms with Crippen LogP contribution in [0.5, 0.6) is 0 Å². The van der Waals surface area contributed by atoms with Gasteiger partial charge in [-0.3, -0.25) is 14.4 Å². The summed E-state index contributed by atoms with van der Waals surface area (Å²) < 4.78 is 5.15. The van der Waals surface area contributed by atoms with Gasteiger partial charge in [0.1, 0.15) is 0 Å². The van der Waals surface area contributed by atoms with Crippen molar-refractivity contribution in [3.05, 3.63) is 76.4 Å². The van der Waals surface area contributed by atoms with Crippen molar-refractivity contribution in [2.24, 2.45) is 0 Å². The molecule has 3 heterocycles. The number of piperazine rings is 1. The van der Waals surface area contributed by atoms with Crippen molar-refractivity contribution in [1.82, 2.24) is 9.80 Å². The van der Waals surface area contributed by atoms with Gasteiger partial charge in [-0.2, -0.15) is 0 Å². The van der Waals surface area contributed by atoms with Gasteiger partial charge in [-0.05, 0) is 47.8 Å². The first-order chi connectivity index (χ1) is 14.1. The van der Waals surface area contributed by atoms with Gasteiger partial charge in [0.25, 0.3) is 17.7 Å². The molecule has 8 heteroatoms. The quantitative estimate of drug-likeness (QED) is 0.717. The predicted molar refractivity (Wildman–Crippen MR) is 109 cm³/mol. The molecule has 0 unspecified atom stereocenters. The Bertz CT molecular complexity index is 989. The summed E-state index contributed by atoms with van der Waals surface area (Å²) in [5.41, 5.74) is 1.18. The Kier molecular flexibility index (Phi) is 5.44. The molecule has 1 aliphatic rings. The molecule has 0 saturated carbocycles. The zero-order valence-electron chi connectivity index (χ0n) is 15.5. The van der Waals surface area contributed by atoms with E-state index in [0.717, 1.165) is 0 Å².